The van der Waals surface area contributed by atoms with Crippen LogP contribution in [0.5, 0.6) is 5.75 Å². The fraction of sp³-hybridized carbons (Fsp3) is 0.269. The number of benzene rings is 3. The topological polar surface area (TPSA) is 84.6 Å². The summed E-state index contributed by atoms with van der Waals surface area (Å²) in [5.74, 6) is -0.583. The van der Waals surface area contributed by atoms with E-state index in [0.717, 1.165) is 5.56 Å². The number of hydrogen-bond donors (Lipinski definition) is 3. The van der Waals surface area contributed by atoms with Gasteiger partial charge in [0.05, 0.1) is 19.0 Å². The molecule has 0 saturated carbocycles. The Labute approximate surface area is 200 Å². The van der Waals surface area contributed by atoms with Crippen LogP contribution >= 0.6 is 0 Å². The molecule has 4 N–H and O–H groups in total. The predicted molar refractivity (Wildman–Crippen MR) is 125 cm³/mol. The van der Waals surface area contributed by atoms with Gasteiger partial charge >= 0.3 is 12.1 Å². The molecular weight excluding hydrogens is 464 g/mol. The van der Waals surface area contributed by atoms with Crippen molar-refractivity contribution < 1.29 is 32.2 Å². The maximum Gasteiger partial charge on any atom is 0.401 e. The Kier molecular flexibility index (Phi) is 8.84. The molecule has 0 aliphatic heterocycles. The zero-order valence-corrected chi connectivity index (χ0v) is 18.8. The van der Waals surface area contributed by atoms with E-state index >= 15 is 0 Å². The number of carbonyl (C=O) groups is 1. The van der Waals surface area contributed by atoms with E-state index in [1.807, 2.05) is 12.1 Å². The van der Waals surface area contributed by atoms with E-state index in [1.54, 1.807) is 54.6 Å². The lowest BCUT2D eigenvalue weighted by Gasteiger charge is -2.15. The Morgan fingerprint density at radius 1 is 1.00 bits per heavy atom. The smallest absolute Gasteiger partial charge is 0.401 e. The van der Waals surface area contributed by atoms with E-state index in [9.17, 15) is 22.4 Å². The highest BCUT2D eigenvalue weighted by molar-refractivity contribution is 5.71. The highest BCUT2D eigenvalue weighted by atomic mass is 19.4. The van der Waals surface area contributed by atoms with Gasteiger partial charge in [0.25, 0.3) is 0 Å². The van der Waals surface area contributed by atoms with Gasteiger partial charge < -0.3 is 20.9 Å². The van der Waals surface area contributed by atoms with Crippen LogP contribution in [-0.2, 0) is 24.4 Å². The number of hydrogen-bond acceptors (Lipinski definition) is 4. The van der Waals surface area contributed by atoms with Crippen molar-refractivity contribution in [3.63, 3.8) is 0 Å². The van der Waals surface area contributed by atoms with Crippen molar-refractivity contribution in [2.24, 2.45) is 5.73 Å². The van der Waals surface area contributed by atoms with Gasteiger partial charge in [-0.15, -0.1) is 0 Å². The third kappa shape index (κ3) is 8.08. The van der Waals surface area contributed by atoms with Gasteiger partial charge in [-0.3, -0.25) is 4.79 Å². The molecule has 9 heteroatoms. The first-order valence-corrected chi connectivity index (χ1v) is 10.9. The molecule has 0 amide bonds. The lowest BCUT2D eigenvalue weighted by Crippen LogP contribution is -2.28. The molecule has 0 heterocycles. The highest BCUT2D eigenvalue weighted by Crippen LogP contribution is 2.27. The standard InChI is InChI=1S/C26H26F4N2O3/c27-13-23(31)20-6-3-5-19(11-20)22-9-17(14-32-16-26(28,29)30)8-18(10-22)15-35-24-7-2-1-4-21(24)12-25(33)34/h1-11,23,32H,12-16,31H2,(H,33,34). The molecule has 0 aliphatic rings. The van der Waals surface area contributed by atoms with Gasteiger partial charge in [-0.2, -0.15) is 13.2 Å². The first-order valence-electron chi connectivity index (χ1n) is 10.9. The zero-order valence-electron chi connectivity index (χ0n) is 18.8. The number of nitrogens with two attached hydrogens (primary N) is 1. The minimum atomic E-state index is -4.34. The molecule has 0 spiro atoms. The summed E-state index contributed by atoms with van der Waals surface area (Å²) in [7, 11) is 0. The van der Waals surface area contributed by atoms with Gasteiger partial charge in [-0.1, -0.05) is 42.5 Å². The normalized spacial score (nSPS) is 12.4. The van der Waals surface area contributed by atoms with E-state index < -0.39 is 31.4 Å². The van der Waals surface area contributed by atoms with Gasteiger partial charge in [-0.25, -0.2) is 4.39 Å². The first kappa shape index (κ1) is 26.2. The molecule has 5 nitrogen and oxygen atoms in total. The Balaban J connectivity index is 1.89. The summed E-state index contributed by atoms with van der Waals surface area (Å²) in [6, 6.07) is 18.3. The van der Waals surface area contributed by atoms with E-state index in [1.165, 1.54) is 0 Å². The summed E-state index contributed by atoms with van der Waals surface area (Å²) in [4.78, 5) is 11.1. The molecule has 3 rings (SSSR count). The van der Waals surface area contributed by atoms with Crippen molar-refractivity contribution in [1.82, 2.24) is 5.32 Å². The number of nitrogens with one attached hydrogen (secondary N) is 1. The fourth-order valence-electron chi connectivity index (χ4n) is 3.62. The lowest BCUT2D eigenvalue weighted by atomic mass is 9.97. The Morgan fingerprint density at radius 2 is 1.74 bits per heavy atom. The average molecular weight is 490 g/mol. The van der Waals surface area contributed by atoms with Gasteiger partial charge in [0.2, 0.25) is 0 Å². The van der Waals surface area contributed by atoms with Gasteiger partial charge in [0.1, 0.15) is 19.0 Å². The van der Waals surface area contributed by atoms with E-state index in [4.69, 9.17) is 15.6 Å². The molecule has 0 saturated heterocycles. The van der Waals surface area contributed by atoms with Crippen LogP contribution < -0.4 is 15.8 Å². The van der Waals surface area contributed by atoms with Crippen molar-refractivity contribution in [3.05, 3.63) is 89.0 Å². The summed E-state index contributed by atoms with van der Waals surface area (Å²) in [5.41, 5.74) is 9.65. The molecule has 186 valence electrons. The second-order valence-corrected chi connectivity index (χ2v) is 8.11. The molecule has 1 unspecified atom stereocenters. The Morgan fingerprint density at radius 3 is 2.46 bits per heavy atom. The van der Waals surface area contributed by atoms with Crippen molar-refractivity contribution in [3.8, 4) is 16.9 Å². The monoisotopic (exact) mass is 490 g/mol. The third-order valence-electron chi connectivity index (χ3n) is 5.23. The van der Waals surface area contributed by atoms with Crippen LogP contribution in [0.1, 0.15) is 28.3 Å². The van der Waals surface area contributed by atoms with E-state index in [-0.39, 0.29) is 19.6 Å². The maximum atomic E-state index is 13.1. The number of ether oxygens (including phenoxy) is 1. The molecule has 35 heavy (non-hydrogen) atoms. The lowest BCUT2D eigenvalue weighted by molar-refractivity contribution is -0.136. The minimum Gasteiger partial charge on any atom is -0.489 e. The summed E-state index contributed by atoms with van der Waals surface area (Å²) < 4.78 is 56.8. The van der Waals surface area contributed by atoms with Crippen LogP contribution in [0.15, 0.2) is 66.7 Å². The number of aliphatic carboxylic acids is 1. The average Bonchev–Trinajstić information content (AvgIpc) is 2.82. The SMILES string of the molecule is NC(CF)c1cccc(-c2cc(CNCC(F)(F)F)cc(COc3ccccc3CC(=O)O)c2)c1. The summed E-state index contributed by atoms with van der Waals surface area (Å²) in [5, 5.41) is 11.5. The largest absolute Gasteiger partial charge is 0.489 e. The van der Waals surface area contributed by atoms with Crippen LogP contribution in [-0.4, -0.2) is 30.5 Å². The van der Waals surface area contributed by atoms with Crippen molar-refractivity contribution >= 4 is 5.97 Å². The van der Waals surface area contributed by atoms with Crippen molar-refractivity contribution in [2.45, 2.75) is 31.8 Å². The maximum absolute atomic E-state index is 13.1. The van der Waals surface area contributed by atoms with Crippen molar-refractivity contribution in [1.29, 1.82) is 0 Å². The summed E-state index contributed by atoms with van der Waals surface area (Å²) >= 11 is 0. The quantitative estimate of drug-likeness (QED) is 0.323. The van der Waals surface area contributed by atoms with Crippen LogP contribution in [0, 0.1) is 0 Å². The Bertz CT molecular complexity index is 1150. The number of carboxylic acids is 1. The van der Waals surface area contributed by atoms with Crippen LogP contribution in [0.3, 0.4) is 0 Å². The Hall–Kier alpha value is -3.43. The predicted octanol–water partition coefficient (Wildman–Crippen LogP) is 5.18. The molecule has 3 aromatic rings. The highest BCUT2D eigenvalue weighted by Gasteiger charge is 2.26. The van der Waals surface area contributed by atoms with E-state index in [0.29, 0.717) is 33.6 Å². The van der Waals surface area contributed by atoms with Crippen LogP contribution in [0.2, 0.25) is 0 Å². The third-order valence-corrected chi connectivity index (χ3v) is 5.23. The molecule has 0 bridgehead atoms. The number of alkyl halides is 4. The number of para-hydroxylation sites is 1. The minimum absolute atomic E-state index is 0.0281. The molecule has 3 aromatic carbocycles. The summed E-state index contributed by atoms with van der Waals surface area (Å²) in [6.07, 6.45) is -4.54. The van der Waals surface area contributed by atoms with E-state index in [2.05, 4.69) is 5.32 Å². The molecule has 0 radical (unpaired) electrons. The molecule has 1 atom stereocenters. The first-order chi connectivity index (χ1) is 16.6. The summed E-state index contributed by atoms with van der Waals surface area (Å²) in [6.45, 7) is -1.81. The number of rotatable bonds is 11. The zero-order chi connectivity index (χ0) is 25.4. The second-order valence-electron chi connectivity index (χ2n) is 8.11. The van der Waals surface area contributed by atoms with Gasteiger partial charge in [0, 0.05) is 12.1 Å². The molecule has 0 fully saturated rings. The van der Waals surface area contributed by atoms with Crippen LogP contribution in [0.25, 0.3) is 11.1 Å². The number of carboxylic acid groups (broad SMARTS) is 1. The van der Waals surface area contributed by atoms with Gasteiger partial charge in [-0.05, 0) is 52.1 Å². The van der Waals surface area contributed by atoms with Crippen LogP contribution in [0.4, 0.5) is 17.6 Å². The second kappa shape index (κ2) is 11.8. The fourth-order valence-corrected chi connectivity index (χ4v) is 3.62. The van der Waals surface area contributed by atoms with Crippen molar-refractivity contribution in [2.75, 3.05) is 13.2 Å². The van der Waals surface area contributed by atoms with Gasteiger partial charge in [0.15, 0.2) is 0 Å². The molecule has 0 aromatic heterocycles. The number of halogens is 4. The molecule has 0 aliphatic carbocycles. The molecular formula is C26H26F4N2O3.